The number of benzene rings is 3. The molecule has 35 heavy (non-hydrogen) atoms. The van der Waals surface area contributed by atoms with Crippen LogP contribution in [0.4, 0.5) is 0 Å². The van der Waals surface area contributed by atoms with Crippen molar-refractivity contribution in [2.24, 2.45) is 0 Å². The van der Waals surface area contributed by atoms with Gasteiger partial charge in [-0.25, -0.2) is 0 Å². The van der Waals surface area contributed by atoms with Gasteiger partial charge in [0.2, 0.25) is 0 Å². The normalized spacial score (nSPS) is 23.7. The zero-order valence-corrected chi connectivity index (χ0v) is 20.2. The molecule has 0 aliphatic carbocycles. The topological polar surface area (TPSA) is 46.2 Å². The van der Waals surface area contributed by atoms with Gasteiger partial charge < -0.3 is 36.0 Å². The Morgan fingerprint density at radius 3 is 1.46 bits per heavy atom. The van der Waals surface area contributed by atoms with Crippen LogP contribution < -0.4 is 18.9 Å². The Bertz CT molecular complexity index is 1030. The fourth-order valence-electron chi connectivity index (χ4n) is 3.96. The molecule has 1 aliphatic rings. The molecule has 1 heterocycles. The number of hydrogen-bond acceptors (Lipinski definition) is 5. The fourth-order valence-corrected chi connectivity index (χ4v) is 3.96. The molecule has 1 fully saturated rings. The van der Waals surface area contributed by atoms with Crippen LogP contribution >= 0.6 is 0 Å². The van der Waals surface area contributed by atoms with Gasteiger partial charge in [-0.15, -0.1) is 0 Å². The summed E-state index contributed by atoms with van der Waals surface area (Å²) in [5.41, 5.74) is 3.08. The Morgan fingerprint density at radius 1 is 0.657 bits per heavy atom. The number of ether oxygens (including phenoxy) is 5. The van der Waals surface area contributed by atoms with Gasteiger partial charge in [0, 0.05) is 7.11 Å². The maximum absolute atomic E-state index is 7.86. The van der Waals surface area contributed by atoms with Crippen LogP contribution in [0.5, 0.6) is 0 Å². The van der Waals surface area contributed by atoms with Gasteiger partial charge in [-0.2, -0.15) is 0 Å². The van der Waals surface area contributed by atoms with E-state index in [1.165, 1.54) is 0 Å². The largest absolute Gasteiger partial charge is 1.00 e. The Balaban J connectivity index is 0.00000342. The van der Waals surface area contributed by atoms with E-state index < -0.39 is 30.7 Å². The van der Waals surface area contributed by atoms with Crippen LogP contribution in [-0.4, -0.2) is 37.8 Å². The van der Waals surface area contributed by atoms with Crippen molar-refractivity contribution in [3.05, 3.63) is 114 Å². The van der Waals surface area contributed by atoms with Crippen LogP contribution in [0.1, 0.15) is 16.7 Å². The smallest absolute Gasteiger partial charge is 0.691 e. The molecule has 5 nitrogen and oxygen atoms in total. The van der Waals surface area contributed by atoms with Crippen LogP contribution in [-0.2, 0) is 43.5 Å². The van der Waals surface area contributed by atoms with Crippen molar-refractivity contribution in [1.82, 2.24) is 0 Å². The van der Waals surface area contributed by atoms with Crippen molar-refractivity contribution in [1.29, 1.82) is 0 Å². The van der Waals surface area contributed by atoms with E-state index in [-0.39, 0.29) is 18.9 Å². The Kier molecular flexibility index (Phi) is 11.1. The van der Waals surface area contributed by atoms with Gasteiger partial charge in [0.15, 0.2) is 6.29 Å². The molecule has 0 radical (unpaired) electrons. The minimum Gasteiger partial charge on any atom is -0.691 e. The maximum Gasteiger partial charge on any atom is 1.00 e. The van der Waals surface area contributed by atoms with Gasteiger partial charge in [0.1, 0.15) is 24.4 Å². The number of rotatable bonds is 10. The summed E-state index contributed by atoms with van der Waals surface area (Å²) in [5.74, 6) is 2.46. The van der Waals surface area contributed by atoms with Crippen LogP contribution in [0.25, 0.3) is 0 Å². The van der Waals surface area contributed by atoms with Crippen molar-refractivity contribution in [3.63, 3.8) is 0 Å². The molecule has 0 saturated carbocycles. The van der Waals surface area contributed by atoms with E-state index in [4.69, 9.17) is 30.1 Å². The second-order valence-corrected chi connectivity index (χ2v) is 8.09. The third kappa shape index (κ3) is 7.55. The quantitative estimate of drug-likeness (QED) is 0.260. The second kappa shape index (κ2) is 14.2. The SMILES string of the molecule is [C-]#CC1O[C@H](OC)C(OCc2ccccc2)C(OCc2ccccc2)[C@@H]1OCc1ccccc1.[Li+]. The van der Waals surface area contributed by atoms with Crippen molar-refractivity contribution < 1.29 is 42.5 Å². The summed E-state index contributed by atoms with van der Waals surface area (Å²) in [6.07, 6.45) is 4.65. The summed E-state index contributed by atoms with van der Waals surface area (Å²) < 4.78 is 30.6. The molecule has 3 aromatic rings. The predicted molar refractivity (Wildman–Crippen MR) is 128 cm³/mol. The second-order valence-electron chi connectivity index (χ2n) is 8.09. The molecule has 3 aromatic carbocycles. The predicted octanol–water partition coefficient (Wildman–Crippen LogP) is 1.71. The maximum atomic E-state index is 7.86. The van der Waals surface area contributed by atoms with E-state index in [1.807, 2.05) is 91.0 Å². The van der Waals surface area contributed by atoms with Crippen molar-refractivity contribution in [2.75, 3.05) is 7.11 Å². The van der Waals surface area contributed by atoms with Crippen LogP contribution in [0.3, 0.4) is 0 Å². The summed E-state index contributed by atoms with van der Waals surface area (Å²) in [6.45, 7) is 1.08. The van der Waals surface area contributed by atoms with Crippen molar-refractivity contribution >= 4 is 0 Å². The zero-order valence-electron chi connectivity index (χ0n) is 20.2. The molecule has 176 valence electrons. The Hall–Kier alpha value is -2.38. The molecule has 0 spiro atoms. The first kappa shape index (κ1) is 27.2. The first-order chi connectivity index (χ1) is 16.8. The summed E-state index contributed by atoms with van der Waals surface area (Å²) in [7, 11) is 1.56. The van der Waals surface area contributed by atoms with Crippen LogP contribution in [0, 0.1) is 12.3 Å². The molecule has 3 unspecified atom stereocenters. The fraction of sp³-hybridized carbons (Fsp3) is 0.310. The minimum atomic E-state index is -0.758. The zero-order chi connectivity index (χ0) is 23.6. The summed E-state index contributed by atoms with van der Waals surface area (Å²) in [5, 5.41) is 0. The summed E-state index contributed by atoms with van der Waals surface area (Å²) in [4.78, 5) is 0. The van der Waals surface area contributed by atoms with E-state index in [1.54, 1.807) is 7.11 Å². The van der Waals surface area contributed by atoms with Gasteiger partial charge in [-0.05, 0) is 16.7 Å². The van der Waals surface area contributed by atoms with Gasteiger partial charge in [-0.3, -0.25) is 0 Å². The van der Waals surface area contributed by atoms with E-state index in [2.05, 4.69) is 5.92 Å². The van der Waals surface area contributed by atoms with Crippen LogP contribution in [0.15, 0.2) is 91.0 Å². The first-order valence-corrected chi connectivity index (χ1v) is 11.4. The molecule has 1 aliphatic heterocycles. The molecule has 0 N–H and O–H groups in total. The van der Waals surface area contributed by atoms with Crippen LogP contribution in [0.2, 0.25) is 0 Å². The number of methoxy groups -OCH3 is 1. The van der Waals surface area contributed by atoms with Gasteiger partial charge in [0.05, 0.1) is 19.8 Å². The third-order valence-electron chi connectivity index (χ3n) is 5.73. The average molecular weight is 464 g/mol. The van der Waals surface area contributed by atoms with E-state index in [0.29, 0.717) is 19.8 Å². The molecular weight excluding hydrogens is 435 g/mol. The average Bonchev–Trinajstić information content (AvgIpc) is 2.91. The van der Waals surface area contributed by atoms with Gasteiger partial charge >= 0.3 is 18.9 Å². The summed E-state index contributed by atoms with van der Waals surface area (Å²) >= 11 is 0. The molecule has 1 saturated heterocycles. The Morgan fingerprint density at radius 2 is 1.06 bits per heavy atom. The monoisotopic (exact) mass is 464 g/mol. The molecule has 6 heteroatoms. The molecule has 0 amide bonds. The molecule has 5 atom stereocenters. The van der Waals surface area contributed by atoms with E-state index >= 15 is 0 Å². The van der Waals surface area contributed by atoms with Gasteiger partial charge in [-0.1, -0.05) is 91.0 Å². The summed E-state index contributed by atoms with van der Waals surface area (Å²) in [6, 6.07) is 29.7. The van der Waals surface area contributed by atoms with Crippen molar-refractivity contribution in [3.8, 4) is 5.92 Å². The molecule has 0 bridgehead atoms. The molecule has 4 rings (SSSR count). The Labute approximate surface area is 219 Å². The standard InChI is InChI=1S/C29H29O5.Li/c1-3-25-26(31-19-22-13-7-4-8-14-22)27(32-20-23-15-9-5-10-16-23)28(29(30-2)34-25)33-21-24-17-11-6-12-18-24;/h4-18,25-29H,19-21H2,2H3;/q-1;+1/t25?,26-,27?,28?,29+;/m1./s1. The molecular formula is C29H29LiO5. The van der Waals surface area contributed by atoms with Crippen molar-refractivity contribution in [2.45, 2.75) is 50.5 Å². The third-order valence-corrected chi connectivity index (χ3v) is 5.73. The number of hydrogen-bond donors (Lipinski definition) is 0. The minimum absolute atomic E-state index is 0. The van der Waals surface area contributed by atoms with E-state index in [9.17, 15) is 0 Å². The first-order valence-electron chi connectivity index (χ1n) is 11.4. The molecule has 0 aromatic heterocycles. The van der Waals surface area contributed by atoms with Gasteiger partial charge in [0.25, 0.3) is 0 Å². The van der Waals surface area contributed by atoms with E-state index in [0.717, 1.165) is 16.7 Å².